The molecule has 1 aliphatic heterocycles. The van der Waals surface area contributed by atoms with Crippen LogP contribution in [0.2, 0.25) is 0 Å². The molecule has 106 valence electrons. The van der Waals surface area contributed by atoms with Gasteiger partial charge in [-0.15, -0.1) is 11.3 Å². The molecule has 0 atom stereocenters. The fourth-order valence-electron chi connectivity index (χ4n) is 2.52. The van der Waals surface area contributed by atoms with Gasteiger partial charge in [-0.1, -0.05) is 6.92 Å². The predicted octanol–water partition coefficient (Wildman–Crippen LogP) is 2.17. The van der Waals surface area contributed by atoms with Crippen molar-refractivity contribution in [1.82, 2.24) is 15.2 Å². The van der Waals surface area contributed by atoms with Crippen LogP contribution in [0.5, 0.6) is 0 Å². The SMILES string of the molecule is CCCc1ncc(C(=O)N2CCC(CNC)CC2)s1. The molecule has 1 fully saturated rings. The minimum absolute atomic E-state index is 0.169. The number of aryl methyl sites for hydroxylation is 1. The van der Waals surface area contributed by atoms with Crippen molar-refractivity contribution in [3.63, 3.8) is 0 Å². The topological polar surface area (TPSA) is 45.2 Å². The molecule has 0 unspecified atom stereocenters. The Morgan fingerprint density at radius 1 is 1.53 bits per heavy atom. The molecule has 0 saturated carbocycles. The van der Waals surface area contributed by atoms with Crippen LogP contribution in [0.1, 0.15) is 40.9 Å². The number of carbonyl (C=O) groups is 1. The normalized spacial score (nSPS) is 16.8. The molecule has 0 bridgehead atoms. The Kier molecular flexibility index (Phi) is 5.34. The lowest BCUT2D eigenvalue weighted by Gasteiger charge is -2.31. The first-order valence-electron chi connectivity index (χ1n) is 7.13. The van der Waals surface area contributed by atoms with E-state index in [1.807, 2.05) is 11.9 Å². The van der Waals surface area contributed by atoms with E-state index in [4.69, 9.17) is 0 Å². The Morgan fingerprint density at radius 3 is 2.89 bits per heavy atom. The number of likely N-dealkylation sites (tertiary alicyclic amines) is 1. The molecular weight excluding hydrogens is 258 g/mol. The Balaban J connectivity index is 1.89. The number of hydrogen-bond donors (Lipinski definition) is 1. The molecule has 0 spiro atoms. The van der Waals surface area contributed by atoms with E-state index in [2.05, 4.69) is 17.2 Å². The molecule has 1 N–H and O–H groups in total. The van der Waals surface area contributed by atoms with Crippen molar-refractivity contribution < 1.29 is 4.79 Å². The van der Waals surface area contributed by atoms with Crippen LogP contribution >= 0.6 is 11.3 Å². The average molecular weight is 281 g/mol. The summed E-state index contributed by atoms with van der Waals surface area (Å²) in [5.74, 6) is 0.883. The lowest BCUT2D eigenvalue weighted by Crippen LogP contribution is -2.40. The van der Waals surface area contributed by atoms with Crippen LogP contribution < -0.4 is 5.32 Å². The summed E-state index contributed by atoms with van der Waals surface area (Å²) in [5.41, 5.74) is 0. The van der Waals surface area contributed by atoms with Gasteiger partial charge in [0.15, 0.2) is 0 Å². The van der Waals surface area contributed by atoms with E-state index in [1.54, 1.807) is 17.5 Å². The van der Waals surface area contributed by atoms with Crippen molar-refractivity contribution in [2.45, 2.75) is 32.6 Å². The quantitative estimate of drug-likeness (QED) is 0.899. The van der Waals surface area contributed by atoms with Gasteiger partial charge in [0.1, 0.15) is 4.88 Å². The molecule has 19 heavy (non-hydrogen) atoms. The molecule has 1 aromatic heterocycles. The van der Waals surface area contributed by atoms with Gasteiger partial charge in [-0.2, -0.15) is 0 Å². The van der Waals surface area contributed by atoms with Crippen LogP contribution in [0.3, 0.4) is 0 Å². The van der Waals surface area contributed by atoms with Crippen LogP contribution in [-0.2, 0) is 6.42 Å². The largest absolute Gasteiger partial charge is 0.338 e. The monoisotopic (exact) mass is 281 g/mol. The zero-order valence-corrected chi connectivity index (χ0v) is 12.6. The third-order valence-corrected chi connectivity index (χ3v) is 4.67. The highest BCUT2D eigenvalue weighted by molar-refractivity contribution is 7.13. The van der Waals surface area contributed by atoms with E-state index in [9.17, 15) is 4.79 Å². The second-order valence-electron chi connectivity index (χ2n) is 5.16. The second kappa shape index (κ2) is 7.01. The summed E-state index contributed by atoms with van der Waals surface area (Å²) in [5, 5.41) is 4.30. The number of nitrogens with zero attached hydrogens (tertiary/aromatic N) is 2. The first kappa shape index (κ1) is 14.5. The molecule has 1 amide bonds. The van der Waals surface area contributed by atoms with Gasteiger partial charge >= 0.3 is 0 Å². The van der Waals surface area contributed by atoms with E-state index in [0.29, 0.717) is 5.92 Å². The Hall–Kier alpha value is -0.940. The van der Waals surface area contributed by atoms with Gasteiger partial charge in [0.2, 0.25) is 0 Å². The van der Waals surface area contributed by atoms with Gasteiger partial charge in [-0.3, -0.25) is 4.79 Å². The van der Waals surface area contributed by atoms with Crippen molar-refractivity contribution in [2.75, 3.05) is 26.7 Å². The van der Waals surface area contributed by atoms with Crippen LogP contribution in [0, 0.1) is 5.92 Å². The maximum absolute atomic E-state index is 12.4. The highest BCUT2D eigenvalue weighted by Gasteiger charge is 2.24. The molecule has 2 rings (SSSR count). The van der Waals surface area contributed by atoms with Gasteiger partial charge in [0.25, 0.3) is 5.91 Å². The molecule has 1 saturated heterocycles. The Morgan fingerprint density at radius 2 is 2.26 bits per heavy atom. The van der Waals surface area contributed by atoms with Crippen molar-refractivity contribution >= 4 is 17.2 Å². The summed E-state index contributed by atoms with van der Waals surface area (Å²) in [6.45, 7) is 4.96. The van der Waals surface area contributed by atoms with Crippen molar-refractivity contribution in [3.05, 3.63) is 16.1 Å². The molecule has 5 heteroatoms. The van der Waals surface area contributed by atoms with Crippen LogP contribution in [0.15, 0.2) is 6.20 Å². The zero-order valence-electron chi connectivity index (χ0n) is 11.8. The number of piperidine rings is 1. The standard InChI is InChI=1S/C14H23N3OS/c1-3-4-13-16-10-12(19-13)14(18)17-7-5-11(6-8-17)9-15-2/h10-11,15H,3-9H2,1-2H3. The maximum Gasteiger partial charge on any atom is 0.265 e. The summed E-state index contributed by atoms with van der Waals surface area (Å²) < 4.78 is 0. The molecule has 0 aliphatic carbocycles. The number of amides is 1. The van der Waals surface area contributed by atoms with Crippen molar-refractivity contribution in [1.29, 1.82) is 0 Å². The number of nitrogens with one attached hydrogen (secondary N) is 1. The van der Waals surface area contributed by atoms with Gasteiger partial charge in [-0.05, 0) is 45.2 Å². The maximum atomic E-state index is 12.4. The van der Waals surface area contributed by atoms with Gasteiger partial charge in [0.05, 0.1) is 11.2 Å². The lowest BCUT2D eigenvalue weighted by molar-refractivity contribution is 0.0695. The minimum atomic E-state index is 0.169. The van der Waals surface area contributed by atoms with Crippen LogP contribution in [0.4, 0.5) is 0 Å². The summed E-state index contributed by atoms with van der Waals surface area (Å²) in [6.07, 6.45) is 6.01. The van der Waals surface area contributed by atoms with E-state index < -0.39 is 0 Å². The Labute approximate surface area is 119 Å². The number of rotatable bonds is 5. The summed E-state index contributed by atoms with van der Waals surface area (Å²) in [7, 11) is 1.99. The van der Waals surface area contributed by atoms with E-state index >= 15 is 0 Å². The molecular formula is C14H23N3OS. The molecule has 2 heterocycles. The van der Waals surface area contributed by atoms with E-state index in [0.717, 1.165) is 55.2 Å². The lowest BCUT2D eigenvalue weighted by atomic mass is 9.97. The summed E-state index contributed by atoms with van der Waals surface area (Å²) in [6, 6.07) is 0. The number of carbonyl (C=O) groups excluding carboxylic acids is 1. The van der Waals surface area contributed by atoms with E-state index in [1.165, 1.54) is 0 Å². The minimum Gasteiger partial charge on any atom is -0.338 e. The number of thiazole rings is 1. The summed E-state index contributed by atoms with van der Waals surface area (Å²) >= 11 is 1.56. The average Bonchev–Trinajstić information content (AvgIpc) is 2.88. The number of hydrogen-bond acceptors (Lipinski definition) is 4. The molecule has 1 aromatic rings. The van der Waals surface area contributed by atoms with Crippen LogP contribution in [-0.4, -0.2) is 42.5 Å². The first-order valence-corrected chi connectivity index (χ1v) is 7.94. The fourth-order valence-corrected chi connectivity index (χ4v) is 3.51. The van der Waals surface area contributed by atoms with E-state index in [-0.39, 0.29) is 5.91 Å². The predicted molar refractivity (Wildman–Crippen MR) is 78.7 cm³/mol. The molecule has 0 radical (unpaired) electrons. The fraction of sp³-hybridized carbons (Fsp3) is 0.714. The first-order chi connectivity index (χ1) is 9.24. The number of aromatic nitrogens is 1. The van der Waals surface area contributed by atoms with Crippen LogP contribution in [0.25, 0.3) is 0 Å². The third-order valence-electron chi connectivity index (χ3n) is 3.62. The second-order valence-corrected chi connectivity index (χ2v) is 6.28. The van der Waals surface area contributed by atoms with Gasteiger partial charge in [-0.25, -0.2) is 4.98 Å². The Bertz CT molecular complexity index is 411. The van der Waals surface area contributed by atoms with Crippen molar-refractivity contribution in [3.8, 4) is 0 Å². The molecule has 1 aliphatic rings. The van der Waals surface area contributed by atoms with Crippen molar-refractivity contribution in [2.24, 2.45) is 5.92 Å². The zero-order chi connectivity index (χ0) is 13.7. The van der Waals surface area contributed by atoms with Gasteiger partial charge < -0.3 is 10.2 Å². The highest BCUT2D eigenvalue weighted by Crippen LogP contribution is 2.21. The molecule has 0 aromatic carbocycles. The van der Waals surface area contributed by atoms with Gasteiger partial charge in [0, 0.05) is 13.1 Å². The summed E-state index contributed by atoms with van der Waals surface area (Å²) in [4.78, 5) is 19.5. The smallest absolute Gasteiger partial charge is 0.265 e. The highest BCUT2D eigenvalue weighted by atomic mass is 32.1. The third kappa shape index (κ3) is 3.76. The molecule has 4 nitrogen and oxygen atoms in total.